The lowest BCUT2D eigenvalue weighted by Crippen LogP contribution is -2.60. The van der Waals surface area contributed by atoms with Crippen LogP contribution in [0.2, 0.25) is 0 Å². The fraction of sp³-hybridized carbons (Fsp3) is 1.00. The minimum Gasteiger partial charge on any atom is -0.327 e. The van der Waals surface area contributed by atoms with Crippen LogP contribution < -0.4 is 0 Å². The monoisotopic (exact) mass is 239 g/mol. The van der Waals surface area contributed by atoms with E-state index >= 15 is 0 Å². The number of nitrogens with zero attached hydrogens (tertiary/aromatic N) is 2. The van der Waals surface area contributed by atoms with Crippen molar-refractivity contribution in [2.75, 3.05) is 35.2 Å². The molecule has 17 heavy (non-hydrogen) atoms. The van der Waals surface area contributed by atoms with E-state index in [1.165, 1.54) is 12.8 Å². The van der Waals surface area contributed by atoms with Gasteiger partial charge in [-0.15, -0.1) is 0 Å². The summed E-state index contributed by atoms with van der Waals surface area (Å²) in [6.45, 7) is 7.56. The van der Waals surface area contributed by atoms with Crippen LogP contribution in [0.5, 0.6) is 0 Å². The molecule has 0 unspecified atom stereocenters. The molecule has 2 rings (SSSR count). The Labute approximate surface area is 108 Å². The Morgan fingerprint density at radius 1 is 1.06 bits per heavy atom. The van der Waals surface area contributed by atoms with Gasteiger partial charge < -0.3 is 9.38 Å². The molecule has 2 fully saturated rings. The molecule has 0 aromatic heterocycles. The summed E-state index contributed by atoms with van der Waals surface area (Å²) >= 11 is 0. The van der Waals surface area contributed by atoms with Gasteiger partial charge in [0.05, 0.1) is 27.2 Å². The molecule has 2 aliphatic carbocycles. The van der Waals surface area contributed by atoms with E-state index in [9.17, 15) is 0 Å². The predicted octanol–water partition coefficient (Wildman–Crippen LogP) is 2.45. The van der Waals surface area contributed by atoms with Gasteiger partial charge in [-0.1, -0.05) is 20.8 Å². The van der Waals surface area contributed by atoms with Crippen molar-refractivity contribution < 1.29 is 4.48 Å². The Hall–Kier alpha value is -0.0800. The Morgan fingerprint density at radius 2 is 1.59 bits per heavy atom. The molecule has 2 heteroatoms. The van der Waals surface area contributed by atoms with Gasteiger partial charge in [-0.3, -0.25) is 0 Å². The van der Waals surface area contributed by atoms with Crippen LogP contribution in [0.3, 0.4) is 0 Å². The highest BCUT2D eigenvalue weighted by Gasteiger charge is 2.70. The summed E-state index contributed by atoms with van der Waals surface area (Å²) in [6.07, 6.45) is 2.83. The molecule has 2 aliphatic rings. The smallest absolute Gasteiger partial charge is 0.108 e. The first-order valence-electron chi connectivity index (χ1n) is 7.01. The Kier molecular flexibility index (Phi) is 2.73. The average Bonchev–Trinajstić information content (AvgIpc) is 2.44. The molecule has 0 aromatic carbocycles. The van der Waals surface area contributed by atoms with Crippen LogP contribution in [0.25, 0.3) is 0 Å². The van der Waals surface area contributed by atoms with Gasteiger partial charge in [-0.05, 0) is 37.8 Å². The van der Waals surface area contributed by atoms with Gasteiger partial charge in [0.1, 0.15) is 6.04 Å². The van der Waals surface area contributed by atoms with Crippen LogP contribution in [-0.2, 0) is 0 Å². The second-order valence-corrected chi connectivity index (χ2v) is 8.30. The maximum atomic E-state index is 2.54. The van der Waals surface area contributed by atoms with Crippen LogP contribution in [-0.4, -0.2) is 56.7 Å². The van der Waals surface area contributed by atoms with E-state index in [0.717, 1.165) is 22.5 Å². The van der Waals surface area contributed by atoms with E-state index in [-0.39, 0.29) is 0 Å². The summed E-state index contributed by atoms with van der Waals surface area (Å²) in [4.78, 5) is 2.50. The van der Waals surface area contributed by atoms with Crippen LogP contribution in [0, 0.1) is 16.7 Å². The number of likely N-dealkylation sites (N-methyl/N-ethyl adjacent to an activating group) is 2. The summed E-state index contributed by atoms with van der Waals surface area (Å²) in [5.41, 5.74) is 0.968. The molecule has 2 saturated carbocycles. The number of hydrogen-bond donors (Lipinski definition) is 0. The van der Waals surface area contributed by atoms with Crippen molar-refractivity contribution in [2.24, 2.45) is 16.7 Å². The Bertz CT molecular complexity index is 313. The highest BCUT2D eigenvalue weighted by molar-refractivity contribution is 5.17. The molecule has 100 valence electrons. The van der Waals surface area contributed by atoms with E-state index in [4.69, 9.17) is 0 Å². The topological polar surface area (TPSA) is 3.24 Å². The number of quaternary nitrogens is 1. The van der Waals surface area contributed by atoms with Crippen molar-refractivity contribution in [2.45, 2.75) is 45.7 Å². The highest BCUT2D eigenvalue weighted by Crippen LogP contribution is 2.67. The molecule has 0 saturated heterocycles. The maximum Gasteiger partial charge on any atom is 0.108 e. The lowest BCUT2D eigenvalue weighted by Gasteiger charge is -2.47. The molecule has 2 nitrogen and oxygen atoms in total. The minimum absolute atomic E-state index is 0.483. The van der Waals surface area contributed by atoms with Crippen molar-refractivity contribution in [3.63, 3.8) is 0 Å². The maximum absolute atomic E-state index is 2.54. The molecule has 0 N–H and O–H groups in total. The largest absolute Gasteiger partial charge is 0.327 e. The SMILES string of the molecule is CN(C)[C@H]1[C@@H]([N+](C)(C)C)[C@H]2CC[C@@]1(C)C2(C)C. The van der Waals surface area contributed by atoms with Crippen LogP contribution in [0.15, 0.2) is 0 Å². The third-order valence-corrected chi connectivity index (χ3v) is 6.21. The van der Waals surface area contributed by atoms with Gasteiger partial charge >= 0.3 is 0 Å². The van der Waals surface area contributed by atoms with Gasteiger partial charge in [0, 0.05) is 5.92 Å². The first-order chi connectivity index (χ1) is 7.53. The zero-order chi connectivity index (χ0) is 13.2. The molecule has 2 bridgehead atoms. The normalized spacial score (nSPS) is 44.6. The first kappa shape index (κ1) is 13.4. The van der Waals surface area contributed by atoms with E-state index in [2.05, 4.69) is 60.9 Å². The van der Waals surface area contributed by atoms with E-state index in [1.54, 1.807) is 0 Å². The van der Waals surface area contributed by atoms with Gasteiger partial charge in [0.2, 0.25) is 0 Å². The average molecular weight is 239 g/mol. The molecular formula is C15H31N2+. The van der Waals surface area contributed by atoms with E-state index < -0.39 is 0 Å². The molecule has 0 aromatic rings. The number of hydrogen-bond acceptors (Lipinski definition) is 1. The fourth-order valence-corrected chi connectivity index (χ4v) is 5.12. The lowest BCUT2D eigenvalue weighted by atomic mass is 9.69. The molecule has 4 atom stereocenters. The van der Waals surface area contributed by atoms with Crippen LogP contribution in [0.1, 0.15) is 33.6 Å². The molecular weight excluding hydrogens is 208 g/mol. The van der Waals surface area contributed by atoms with Crippen molar-refractivity contribution in [3.8, 4) is 0 Å². The van der Waals surface area contributed by atoms with E-state index in [0.29, 0.717) is 10.8 Å². The molecule has 0 radical (unpaired) electrons. The van der Waals surface area contributed by atoms with Gasteiger partial charge in [0.15, 0.2) is 0 Å². The minimum atomic E-state index is 0.483. The zero-order valence-corrected chi connectivity index (χ0v) is 13.0. The fourth-order valence-electron chi connectivity index (χ4n) is 5.12. The van der Waals surface area contributed by atoms with E-state index in [1.807, 2.05) is 0 Å². The van der Waals surface area contributed by atoms with Crippen LogP contribution in [0.4, 0.5) is 0 Å². The quantitative estimate of drug-likeness (QED) is 0.669. The molecule has 0 amide bonds. The number of fused-ring (bicyclic) bond motifs is 2. The second-order valence-electron chi connectivity index (χ2n) is 8.30. The van der Waals surface area contributed by atoms with Gasteiger partial charge in [-0.2, -0.15) is 0 Å². The summed E-state index contributed by atoms with van der Waals surface area (Å²) in [5.74, 6) is 0.875. The summed E-state index contributed by atoms with van der Waals surface area (Å²) in [7, 11) is 11.7. The summed E-state index contributed by atoms with van der Waals surface area (Å²) in [6, 6.07) is 1.50. The van der Waals surface area contributed by atoms with Crippen molar-refractivity contribution >= 4 is 0 Å². The standard InChI is InChI=1S/C15H31N2/c1-14(2)11-9-10-15(14,3)13(16(4)5)12(11)17(6,7)8/h11-13H,9-10H2,1-8H3/q+1/t11-,12+,13+,15-/m1/s1. The van der Waals surface area contributed by atoms with Crippen molar-refractivity contribution in [1.29, 1.82) is 0 Å². The Balaban J connectivity index is 2.49. The molecule has 0 spiro atoms. The predicted molar refractivity (Wildman–Crippen MR) is 73.9 cm³/mol. The molecule has 0 heterocycles. The summed E-state index contributed by atoms with van der Waals surface area (Å²) < 4.78 is 1.10. The summed E-state index contributed by atoms with van der Waals surface area (Å²) in [5, 5.41) is 0. The van der Waals surface area contributed by atoms with Crippen molar-refractivity contribution in [1.82, 2.24) is 4.90 Å². The number of rotatable bonds is 2. The second kappa shape index (κ2) is 3.48. The highest BCUT2D eigenvalue weighted by atomic mass is 15.4. The third kappa shape index (κ3) is 1.53. The van der Waals surface area contributed by atoms with Crippen molar-refractivity contribution in [3.05, 3.63) is 0 Å². The van der Waals surface area contributed by atoms with Gasteiger partial charge in [-0.25, -0.2) is 0 Å². The zero-order valence-electron chi connectivity index (χ0n) is 13.0. The lowest BCUT2D eigenvalue weighted by molar-refractivity contribution is -0.902. The first-order valence-corrected chi connectivity index (χ1v) is 7.01. The van der Waals surface area contributed by atoms with Crippen LogP contribution >= 0.6 is 0 Å². The van der Waals surface area contributed by atoms with Gasteiger partial charge in [0.25, 0.3) is 0 Å². The Morgan fingerprint density at radius 3 is 1.94 bits per heavy atom. The third-order valence-electron chi connectivity index (χ3n) is 6.21. The molecule has 0 aliphatic heterocycles.